The van der Waals surface area contributed by atoms with Crippen molar-refractivity contribution in [3.05, 3.63) is 58.1 Å². The van der Waals surface area contributed by atoms with Crippen LogP contribution in [-0.2, 0) is 6.61 Å². The summed E-state index contributed by atoms with van der Waals surface area (Å²) in [5.41, 5.74) is 13.5. The van der Waals surface area contributed by atoms with E-state index in [0.29, 0.717) is 13.2 Å². The summed E-state index contributed by atoms with van der Waals surface area (Å²) in [7, 11) is 1.64. The summed E-state index contributed by atoms with van der Waals surface area (Å²) in [6, 6.07) is 13.3. The van der Waals surface area contributed by atoms with Crippen LogP contribution in [-0.4, -0.2) is 13.7 Å². The average molecular weight is 351 g/mol. The Balaban J connectivity index is 2.15. The molecule has 0 unspecified atom stereocenters. The molecular formula is C16H19BrN2O2. The Labute approximate surface area is 133 Å². The smallest absolute Gasteiger partial charge is 0.125 e. The van der Waals surface area contributed by atoms with Gasteiger partial charge in [-0.3, -0.25) is 0 Å². The van der Waals surface area contributed by atoms with Crippen molar-refractivity contribution in [1.82, 2.24) is 0 Å². The first kappa shape index (κ1) is 15.8. The fourth-order valence-electron chi connectivity index (χ4n) is 1.97. The van der Waals surface area contributed by atoms with Gasteiger partial charge in [0.15, 0.2) is 0 Å². The van der Waals surface area contributed by atoms with Crippen LogP contribution in [0.1, 0.15) is 17.2 Å². The second kappa shape index (κ2) is 7.45. The Morgan fingerprint density at radius 3 is 2.48 bits per heavy atom. The molecule has 21 heavy (non-hydrogen) atoms. The van der Waals surface area contributed by atoms with E-state index in [9.17, 15) is 0 Å². The third-order valence-electron chi connectivity index (χ3n) is 3.19. The Kier molecular flexibility index (Phi) is 5.61. The summed E-state index contributed by atoms with van der Waals surface area (Å²) < 4.78 is 12.2. The zero-order chi connectivity index (χ0) is 15.2. The van der Waals surface area contributed by atoms with Gasteiger partial charge in [-0.15, -0.1) is 0 Å². The molecule has 4 nitrogen and oxygen atoms in total. The van der Waals surface area contributed by atoms with E-state index in [1.54, 1.807) is 7.11 Å². The van der Waals surface area contributed by atoms with Crippen molar-refractivity contribution in [2.45, 2.75) is 12.6 Å². The first-order chi connectivity index (χ1) is 10.1. The maximum absolute atomic E-state index is 5.97. The molecule has 5 heteroatoms. The molecule has 0 bridgehead atoms. The molecule has 112 valence electrons. The number of hydrogen-bond donors (Lipinski definition) is 2. The molecule has 0 fully saturated rings. The summed E-state index contributed by atoms with van der Waals surface area (Å²) in [4.78, 5) is 0. The number of benzene rings is 2. The van der Waals surface area contributed by atoms with Crippen LogP contribution in [0.5, 0.6) is 11.5 Å². The zero-order valence-corrected chi connectivity index (χ0v) is 13.5. The Bertz CT molecular complexity index is 587. The van der Waals surface area contributed by atoms with Crippen LogP contribution in [0.25, 0.3) is 0 Å². The fraction of sp³-hybridized carbons (Fsp3) is 0.250. The fourth-order valence-corrected chi connectivity index (χ4v) is 2.23. The number of methoxy groups -OCH3 is 1. The summed E-state index contributed by atoms with van der Waals surface area (Å²) in [5.74, 6) is 1.58. The number of halogens is 1. The van der Waals surface area contributed by atoms with E-state index in [-0.39, 0.29) is 6.04 Å². The van der Waals surface area contributed by atoms with E-state index in [2.05, 4.69) is 15.9 Å². The molecule has 0 aromatic heterocycles. The maximum Gasteiger partial charge on any atom is 0.125 e. The Hall–Kier alpha value is -1.56. The van der Waals surface area contributed by atoms with Gasteiger partial charge in [0.1, 0.15) is 18.1 Å². The van der Waals surface area contributed by atoms with E-state index >= 15 is 0 Å². The predicted octanol–water partition coefficient (Wildman–Crippen LogP) is 3.00. The van der Waals surface area contributed by atoms with Crippen LogP contribution < -0.4 is 20.9 Å². The van der Waals surface area contributed by atoms with Gasteiger partial charge in [-0.25, -0.2) is 0 Å². The van der Waals surface area contributed by atoms with Crippen LogP contribution in [0, 0.1) is 0 Å². The lowest BCUT2D eigenvalue weighted by atomic mass is 10.0. The van der Waals surface area contributed by atoms with Crippen LogP contribution in [0.2, 0.25) is 0 Å². The normalized spacial score (nSPS) is 12.0. The number of rotatable bonds is 6. The average Bonchev–Trinajstić information content (AvgIpc) is 2.53. The summed E-state index contributed by atoms with van der Waals surface area (Å²) >= 11 is 3.40. The lowest BCUT2D eigenvalue weighted by molar-refractivity contribution is 0.296. The van der Waals surface area contributed by atoms with Crippen LogP contribution >= 0.6 is 15.9 Å². The van der Waals surface area contributed by atoms with E-state index in [1.807, 2.05) is 42.5 Å². The Morgan fingerprint density at radius 2 is 1.86 bits per heavy atom. The SMILES string of the molecule is COc1ccc([C@@H](N)CN)cc1COc1ccc(Br)cc1. The standard InChI is InChI=1S/C16H19BrN2O2/c1-20-16-7-2-11(15(19)9-18)8-12(16)10-21-14-5-3-13(17)4-6-14/h2-8,15H,9-10,18-19H2,1H3/t15-/m0/s1. The minimum Gasteiger partial charge on any atom is -0.496 e. The minimum absolute atomic E-state index is 0.178. The molecule has 0 saturated carbocycles. The van der Waals surface area contributed by atoms with Gasteiger partial charge in [-0.1, -0.05) is 22.0 Å². The highest BCUT2D eigenvalue weighted by Crippen LogP contribution is 2.24. The third-order valence-corrected chi connectivity index (χ3v) is 3.72. The van der Waals surface area contributed by atoms with E-state index in [1.165, 1.54) is 0 Å². The van der Waals surface area contributed by atoms with Crippen molar-refractivity contribution < 1.29 is 9.47 Å². The van der Waals surface area contributed by atoms with Gasteiger partial charge in [0.05, 0.1) is 7.11 Å². The minimum atomic E-state index is -0.178. The molecule has 0 aliphatic heterocycles. The highest BCUT2D eigenvalue weighted by atomic mass is 79.9. The molecule has 0 amide bonds. The molecule has 0 aliphatic rings. The number of nitrogens with two attached hydrogens (primary N) is 2. The topological polar surface area (TPSA) is 70.5 Å². The van der Waals surface area contributed by atoms with Gasteiger partial charge in [0, 0.05) is 22.6 Å². The molecule has 0 spiro atoms. The molecule has 4 N–H and O–H groups in total. The molecule has 0 radical (unpaired) electrons. The molecule has 0 aliphatic carbocycles. The molecule has 2 rings (SSSR count). The van der Waals surface area contributed by atoms with Gasteiger partial charge in [0.2, 0.25) is 0 Å². The highest BCUT2D eigenvalue weighted by molar-refractivity contribution is 9.10. The summed E-state index contributed by atoms with van der Waals surface area (Å²) in [6.45, 7) is 0.815. The third kappa shape index (κ3) is 4.20. The van der Waals surface area contributed by atoms with Crippen molar-refractivity contribution in [1.29, 1.82) is 0 Å². The van der Waals surface area contributed by atoms with E-state index < -0.39 is 0 Å². The molecule has 2 aromatic rings. The lowest BCUT2D eigenvalue weighted by Gasteiger charge is -2.15. The predicted molar refractivity (Wildman–Crippen MR) is 87.5 cm³/mol. The van der Waals surface area contributed by atoms with Crippen molar-refractivity contribution in [2.75, 3.05) is 13.7 Å². The second-order valence-electron chi connectivity index (χ2n) is 4.66. The second-order valence-corrected chi connectivity index (χ2v) is 5.57. The van der Waals surface area contributed by atoms with Crippen molar-refractivity contribution in [2.24, 2.45) is 11.5 Å². The summed E-state index contributed by atoms with van der Waals surface area (Å²) in [6.07, 6.45) is 0. The first-order valence-corrected chi connectivity index (χ1v) is 7.44. The first-order valence-electron chi connectivity index (χ1n) is 6.65. The van der Waals surface area contributed by atoms with E-state index in [4.69, 9.17) is 20.9 Å². The molecule has 0 heterocycles. The van der Waals surface area contributed by atoms with Gasteiger partial charge >= 0.3 is 0 Å². The van der Waals surface area contributed by atoms with Crippen LogP contribution in [0.15, 0.2) is 46.9 Å². The molecule has 1 atom stereocenters. The van der Waals surface area contributed by atoms with Gasteiger partial charge < -0.3 is 20.9 Å². The number of hydrogen-bond acceptors (Lipinski definition) is 4. The lowest BCUT2D eigenvalue weighted by Crippen LogP contribution is -2.20. The molecule has 0 saturated heterocycles. The number of ether oxygens (including phenoxy) is 2. The molecular weight excluding hydrogens is 332 g/mol. The van der Waals surface area contributed by atoms with Crippen molar-refractivity contribution >= 4 is 15.9 Å². The molecule has 2 aromatic carbocycles. The van der Waals surface area contributed by atoms with Gasteiger partial charge in [-0.2, -0.15) is 0 Å². The maximum atomic E-state index is 5.97. The van der Waals surface area contributed by atoms with Crippen molar-refractivity contribution in [3.8, 4) is 11.5 Å². The quantitative estimate of drug-likeness (QED) is 0.839. The van der Waals surface area contributed by atoms with E-state index in [0.717, 1.165) is 27.1 Å². The highest BCUT2D eigenvalue weighted by Gasteiger charge is 2.09. The van der Waals surface area contributed by atoms with Gasteiger partial charge in [0.25, 0.3) is 0 Å². The zero-order valence-electron chi connectivity index (χ0n) is 11.9. The summed E-state index contributed by atoms with van der Waals surface area (Å²) in [5, 5.41) is 0. The van der Waals surface area contributed by atoms with Crippen LogP contribution in [0.3, 0.4) is 0 Å². The Morgan fingerprint density at radius 1 is 1.14 bits per heavy atom. The monoisotopic (exact) mass is 350 g/mol. The van der Waals surface area contributed by atoms with Crippen LogP contribution in [0.4, 0.5) is 0 Å². The van der Waals surface area contributed by atoms with Crippen molar-refractivity contribution in [3.63, 3.8) is 0 Å². The van der Waals surface area contributed by atoms with Gasteiger partial charge in [-0.05, 0) is 42.0 Å². The largest absolute Gasteiger partial charge is 0.496 e.